The minimum atomic E-state index is -0.729. The minimum Gasteiger partial charge on any atom is -0.481 e. The number of aliphatic carboxylic acids is 1. The molecule has 1 aliphatic rings. The quantitative estimate of drug-likeness (QED) is 0.663. The fraction of sp³-hybridized carbons (Fsp3) is 0.909. The van der Waals surface area contributed by atoms with Gasteiger partial charge in [-0.3, -0.25) is 4.79 Å². The van der Waals surface area contributed by atoms with E-state index in [0.29, 0.717) is 19.6 Å². The van der Waals surface area contributed by atoms with Crippen molar-refractivity contribution in [2.24, 2.45) is 0 Å². The summed E-state index contributed by atoms with van der Waals surface area (Å²) in [5.41, 5.74) is 0. The topological polar surface area (TPSA) is 55.8 Å². The molecule has 0 aromatic heterocycles. The lowest BCUT2D eigenvalue weighted by Crippen LogP contribution is -2.29. The standard InChI is InChI=1S/C11H20O4/c1-2-6-11(14-8-9-15-11)7-4-3-5-10(12)13/h2-9H2,1H3,(H,12,13). The molecule has 0 aromatic rings. The van der Waals surface area contributed by atoms with E-state index < -0.39 is 11.8 Å². The highest BCUT2D eigenvalue weighted by Crippen LogP contribution is 2.30. The summed E-state index contributed by atoms with van der Waals surface area (Å²) >= 11 is 0. The average Bonchev–Trinajstić information content (AvgIpc) is 2.62. The van der Waals surface area contributed by atoms with Crippen LogP contribution in [0.5, 0.6) is 0 Å². The number of unbranched alkanes of at least 4 members (excludes halogenated alkanes) is 1. The second-order valence-electron chi connectivity index (χ2n) is 3.96. The lowest BCUT2D eigenvalue weighted by Gasteiger charge is -2.26. The summed E-state index contributed by atoms with van der Waals surface area (Å²) in [4.78, 5) is 10.3. The first kappa shape index (κ1) is 12.5. The SMILES string of the molecule is CCCC1(CCCCC(=O)O)OCCO1. The predicted molar refractivity (Wildman–Crippen MR) is 55.6 cm³/mol. The first-order valence-electron chi connectivity index (χ1n) is 5.68. The zero-order chi connectivity index (χ0) is 11.1. The van der Waals surface area contributed by atoms with Gasteiger partial charge in [0.25, 0.3) is 0 Å². The van der Waals surface area contributed by atoms with E-state index in [4.69, 9.17) is 14.6 Å². The Bertz CT molecular complexity index is 197. The third-order valence-corrected chi connectivity index (χ3v) is 2.64. The summed E-state index contributed by atoms with van der Waals surface area (Å²) in [5, 5.41) is 8.51. The van der Waals surface area contributed by atoms with Crippen molar-refractivity contribution in [2.75, 3.05) is 13.2 Å². The Balaban J connectivity index is 2.23. The Kier molecular flexibility index (Phi) is 5.05. The number of ether oxygens (including phenoxy) is 2. The van der Waals surface area contributed by atoms with Gasteiger partial charge in [0.2, 0.25) is 0 Å². The Hall–Kier alpha value is -0.610. The Morgan fingerprint density at radius 2 is 1.93 bits per heavy atom. The van der Waals surface area contributed by atoms with Crippen molar-refractivity contribution in [3.05, 3.63) is 0 Å². The molecular formula is C11H20O4. The van der Waals surface area contributed by atoms with Crippen LogP contribution in [0.15, 0.2) is 0 Å². The molecular weight excluding hydrogens is 196 g/mol. The maximum Gasteiger partial charge on any atom is 0.303 e. The van der Waals surface area contributed by atoms with Gasteiger partial charge in [-0.1, -0.05) is 13.3 Å². The molecule has 4 nitrogen and oxygen atoms in total. The fourth-order valence-corrected chi connectivity index (χ4v) is 1.96. The van der Waals surface area contributed by atoms with Crippen LogP contribution >= 0.6 is 0 Å². The van der Waals surface area contributed by atoms with Gasteiger partial charge in [0.15, 0.2) is 5.79 Å². The van der Waals surface area contributed by atoms with Gasteiger partial charge in [-0.2, -0.15) is 0 Å². The molecule has 0 spiro atoms. The summed E-state index contributed by atoms with van der Waals surface area (Å²) in [6, 6.07) is 0. The lowest BCUT2D eigenvalue weighted by molar-refractivity contribution is -0.168. The molecule has 0 saturated carbocycles. The first-order chi connectivity index (χ1) is 7.18. The van der Waals surface area contributed by atoms with Crippen molar-refractivity contribution >= 4 is 5.97 Å². The van der Waals surface area contributed by atoms with E-state index in [1.54, 1.807) is 0 Å². The van der Waals surface area contributed by atoms with Crippen LogP contribution in [0, 0.1) is 0 Å². The minimum absolute atomic E-state index is 0.238. The monoisotopic (exact) mass is 216 g/mol. The van der Waals surface area contributed by atoms with E-state index in [1.807, 2.05) is 0 Å². The summed E-state index contributed by atoms with van der Waals surface area (Å²) in [6.45, 7) is 3.43. The molecule has 1 saturated heterocycles. The van der Waals surface area contributed by atoms with E-state index >= 15 is 0 Å². The highest BCUT2D eigenvalue weighted by atomic mass is 16.7. The van der Waals surface area contributed by atoms with Crippen LogP contribution in [0.1, 0.15) is 45.4 Å². The summed E-state index contributed by atoms with van der Waals surface area (Å²) < 4.78 is 11.2. The van der Waals surface area contributed by atoms with Crippen molar-refractivity contribution in [1.82, 2.24) is 0 Å². The van der Waals surface area contributed by atoms with Gasteiger partial charge < -0.3 is 14.6 Å². The Morgan fingerprint density at radius 3 is 2.47 bits per heavy atom. The van der Waals surface area contributed by atoms with Crippen molar-refractivity contribution in [1.29, 1.82) is 0 Å². The highest BCUT2D eigenvalue weighted by Gasteiger charge is 2.34. The van der Waals surface area contributed by atoms with Gasteiger partial charge >= 0.3 is 5.97 Å². The third kappa shape index (κ3) is 4.18. The zero-order valence-electron chi connectivity index (χ0n) is 9.33. The second-order valence-corrected chi connectivity index (χ2v) is 3.96. The molecule has 4 heteroatoms. The molecule has 0 aliphatic carbocycles. The van der Waals surface area contributed by atoms with Gasteiger partial charge in [-0.15, -0.1) is 0 Å². The normalized spacial score (nSPS) is 19.3. The molecule has 1 aliphatic heterocycles. The molecule has 1 N–H and O–H groups in total. The first-order valence-corrected chi connectivity index (χ1v) is 5.68. The summed E-state index contributed by atoms with van der Waals surface area (Å²) in [7, 11) is 0. The van der Waals surface area contributed by atoms with E-state index in [2.05, 4.69) is 6.92 Å². The number of hydrogen-bond donors (Lipinski definition) is 1. The molecule has 0 atom stereocenters. The van der Waals surface area contributed by atoms with Crippen LogP contribution in [0.3, 0.4) is 0 Å². The molecule has 1 fully saturated rings. The maximum atomic E-state index is 10.3. The van der Waals surface area contributed by atoms with Gasteiger partial charge in [0.05, 0.1) is 13.2 Å². The summed E-state index contributed by atoms with van der Waals surface area (Å²) in [6.07, 6.45) is 4.54. The van der Waals surface area contributed by atoms with Crippen LogP contribution in [0.4, 0.5) is 0 Å². The number of carboxylic acid groups (broad SMARTS) is 1. The molecule has 1 rings (SSSR count). The lowest BCUT2D eigenvalue weighted by atomic mass is 10.0. The molecule has 0 radical (unpaired) electrons. The maximum absolute atomic E-state index is 10.3. The molecule has 88 valence electrons. The molecule has 0 bridgehead atoms. The molecule has 1 heterocycles. The van der Waals surface area contributed by atoms with Crippen LogP contribution < -0.4 is 0 Å². The Labute approximate surface area is 90.6 Å². The van der Waals surface area contributed by atoms with Crippen molar-refractivity contribution in [3.8, 4) is 0 Å². The van der Waals surface area contributed by atoms with E-state index in [0.717, 1.165) is 25.7 Å². The van der Waals surface area contributed by atoms with Crippen LogP contribution in [0.25, 0.3) is 0 Å². The highest BCUT2D eigenvalue weighted by molar-refractivity contribution is 5.66. The third-order valence-electron chi connectivity index (χ3n) is 2.64. The summed E-state index contributed by atoms with van der Waals surface area (Å²) in [5.74, 6) is -1.14. The van der Waals surface area contributed by atoms with Crippen LogP contribution in [-0.4, -0.2) is 30.1 Å². The molecule has 0 amide bonds. The smallest absolute Gasteiger partial charge is 0.303 e. The number of carboxylic acids is 1. The van der Waals surface area contributed by atoms with Crippen molar-refractivity contribution in [2.45, 2.75) is 51.2 Å². The van der Waals surface area contributed by atoms with E-state index in [-0.39, 0.29) is 6.42 Å². The van der Waals surface area contributed by atoms with Gasteiger partial charge in [0.1, 0.15) is 0 Å². The molecule has 0 aromatic carbocycles. The zero-order valence-corrected chi connectivity index (χ0v) is 9.33. The number of rotatable bonds is 7. The Morgan fingerprint density at radius 1 is 1.27 bits per heavy atom. The molecule has 0 unspecified atom stereocenters. The second kappa shape index (κ2) is 6.08. The fourth-order valence-electron chi connectivity index (χ4n) is 1.96. The van der Waals surface area contributed by atoms with Gasteiger partial charge in [-0.25, -0.2) is 0 Å². The van der Waals surface area contributed by atoms with E-state index in [1.165, 1.54) is 0 Å². The van der Waals surface area contributed by atoms with Crippen LogP contribution in [-0.2, 0) is 14.3 Å². The largest absolute Gasteiger partial charge is 0.481 e. The van der Waals surface area contributed by atoms with Crippen molar-refractivity contribution in [3.63, 3.8) is 0 Å². The molecule has 15 heavy (non-hydrogen) atoms. The van der Waals surface area contributed by atoms with Crippen LogP contribution in [0.2, 0.25) is 0 Å². The van der Waals surface area contributed by atoms with Gasteiger partial charge in [-0.05, 0) is 12.8 Å². The number of hydrogen-bond acceptors (Lipinski definition) is 3. The van der Waals surface area contributed by atoms with E-state index in [9.17, 15) is 4.79 Å². The predicted octanol–water partition coefficient (Wildman–Crippen LogP) is 2.17. The number of carbonyl (C=O) groups is 1. The average molecular weight is 216 g/mol. The van der Waals surface area contributed by atoms with Crippen molar-refractivity contribution < 1.29 is 19.4 Å². The van der Waals surface area contributed by atoms with Gasteiger partial charge in [0, 0.05) is 19.3 Å².